The quantitative estimate of drug-likeness (QED) is 0.481. The number of halogens is 9. The van der Waals surface area contributed by atoms with Crippen LogP contribution in [0.4, 0.5) is 45.2 Å². The molecule has 1 atom stereocenters. The van der Waals surface area contributed by atoms with Crippen LogP contribution in [0, 0.1) is 0 Å². The number of anilines is 1. The molecule has 0 aliphatic carbocycles. The molecule has 0 saturated carbocycles. The van der Waals surface area contributed by atoms with Crippen molar-refractivity contribution >= 4 is 5.69 Å². The summed E-state index contributed by atoms with van der Waals surface area (Å²) in [6.07, 6.45) is -14.7. The van der Waals surface area contributed by atoms with Crippen LogP contribution in [0.1, 0.15) is 17.3 Å². The van der Waals surface area contributed by atoms with E-state index < -0.39 is 47.0 Å². The van der Waals surface area contributed by atoms with E-state index in [-0.39, 0.29) is 5.75 Å². The number of nitrogen functional groups attached to an aromatic ring is 1. The minimum Gasteiger partial charge on any atom is -0.457 e. The van der Waals surface area contributed by atoms with Gasteiger partial charge in [-0.2, -0.15) is 35.1 Å². The van der Waals surface area contributed by atoms with Crippen molar-refractivity contribution in [3.05, 3.63) is 53.6 Å². The lowest BCUT2D eigenvalue weighted by molar-refractivity contribution is -0.305. The zero-order valence-electron chi connectivity index (χ0n) is 13.0. The maximum absolute atomic E-state index is 13.6. The van der Waals surface area contributed by atoms with Gasteiger partial charge in [0.2, 0.25) is 0 Å². The molecule has 2 aromatic rings. The minimum atomic E-state index is -6.11. The standard InChI is InChI=1S/C16H10F9NO/c17-13(14(18,19)16(23,24)25)8-4-6-9(7-5-8)27-11-3-1-2-10(26)12(11)15(20,21)22/h1-7,13H,26H2. The molecule has 2 aromatic carbocycles. The Morgan fingerprint density at radius 3 is 1.85 bits per heavy atom. The van der Waals surface area contributed by atoms with E-state index in [0.717, 1.165) is 30.3 Å². The first-order chi connectivity index (χ1) is 12.2. The SMILES string of the molecule is Nc1cccc(Oc2ccc(C(F)C(F)(F)C(F)(F)F)cc2)c1C(F)(F)F. The number of benzene rings is 2. The summed E-state index contributed by atoms with van der Waals surface area (Å²) >= 11 is 0. The molecule has 27 heavy (non-hydrogen) atoms. The molecule has 0 heterocycles. The molecule has 1 unspecified atom stereocenters. The van der Waals surface area contributed by atoms with E-state index in [0.29, 0.717) is 12.1 Å². The van der Waals surface area contributed by atoms with Crippen molar-refractivity contribution in [3.63, 3.8) is 0 Å². The van der Waals surface area contributed by atoms with Crippen molar-refractivity contribution in [2.24, 2.45) is 0 Å². The zero-order valence-corrected chi connectivity index (χ0v) is 13.0. The predicted octanol–water partition coefficient (Wildman–Crippen LogP) is 6.29. The summed E-state index contributed by atoms with van der Waals surface area (Å²) in [6, 6.07) is 5.71. The van der Waals surface area contributed by atoms with Gasteiger partial charge in [-0.25, -0.2) is 4.39 Å². The molecule has 0 fully saturated rings. The number of rotatable bonds is 4. The normalized spacial score (nSPS) is 14.1. The second-order valence-electron chi connectivity index (χ2n) is 5.37. The first-order valence-electron chi connectivity index (χ1n) is 7.07. The molecule has 0 spiro atoms. The highest BCUT2D eigenvalue weighted by Gasteiger charge is 2.63. The molecule has 0 aromatic heterocycles. The molecule has 2 nitrogen and oxygen atoms in total. The van der Waals surface area contributed by atoms with Gasteiger partial charge in [-0.15, -0.1) is 0 Å². The van der Waals surface area contributed by atoms with Gasteiger partial charge in [-0.3, -0.25) is 0 Å². The van der Waals surface area contributed by atoms with Gasteiger partial charge in [0.1, 0.15) is 17.1 Å². The highest BCUT2D eigenvalue weighted by molar-refractivity contribution is 5.56. The molecule has 0 bridgehead atoms. The third-order valence-electron chi connectivity index (χ3n) is 3.44. The van der Waals surface area contributed by atoms with Crippen molar-refractivity contribution in [3.8, 4) is 11.5 Å². The predicted molar refractivity (Wildman–Crippen MR) is 77.2 cm³/mol. The van der Waals surface area contributed by atoms with Crippen LogP contribution in [0.3, 0.4) is 0 Å². The molecule has 2 N–H and O–H groups in total. The maximum atomic E-state index is 13.6. The van der Waals surface area contributed by atoms with Crippen molar-refractivity contribution in [2.45, 2.75) is 24.4 Å². The number of ether oxygens (including phenoxy) is 1. The molecule has 0 aliphatic heterocycles. The monoisotopic (exact) mass is 403 g/mol. The molecule has 11 heteroatoms. The van der Waals surface area contributed by atoms with E-state index in [1.165, 1.54) is 0 Å². The summed E-state index contributed by atoms with van der Waals surface area (Å²) < 4.78 is 120. The second kappa shape index (κ2) is 6.86. The number of hydrogen-bond donors (Lipinski definition) is 1. The van der Waals surface area contributed by atoms with Gasteiger partial charge < -0.3 is 10.5 Å². The largest absolute Gasteiger partial charge is 0.457 e. The Hall–Kier alpha value is -2.59. The lowest BCUT2D eigenvalue weighted by Crippen LogP contribution is -2.40. The Balaban J connectivity index is 2.29. The van der Waals surface area contributed by atoms with Crippen molar-refractivity contribution < 1.29 is 44.3 Å². The summed E-state index contributed by atoms with van der Waals surface area (Å²) in [5, 5.41) is 0. The molecule has 0 saturated heterocycles. The smallest absolute Gasteiger partial charge is 0.456 e. The molecule has 0 amide bonds. The first kappa shape index (κ1) is 20.7. The Morgan fingerprint density at radius 2 is 1.37 bits per heavy atom. The summed E-state index contributed by atoms with van der Waals surface area (Å²) in [5.74, 6) is -6.70. The molecule has 148 valence electrons. The summed E-state index contributed by atoms with van der Waals surface area (Å²) in [6.45, 7) is 0. The highest BCUT2D eigenvalue weighted by atomic mass is 19.4. The van der Waals surface area contributed by atoms with E-state index >= 15 is 0 Å². The fraction of sp³-hybridized carbons (Fsp3) is 0.250. The zero-order chi connectivity index (χ0) is 20.6. The first-order valence-corrected chi connectivity index (χ1v) is 7.07. The van der Waals surface area contributed by atoms with Crippen LogP contribution in [-0.4, -0.2) is 12.1 Å². The summed E-state index contributed by atoms with van der Waals surface area (Å²) in [7, 11) is 0. The van der Waals surface area contributed by atoms with Gasteiger partial charge in [0, 0.05) is 5.69 Å². The average Bonchev–Trinajstić information content (AvgIpc) is 2.52. The van der Waals surface area contributed by atoms with E-state index in [1.54, 1.807) is 0 Å². The average molecular weight is 403 g/mol. The number of alkyl halides is 9. The highest BCUT2D eigenvalue weighted by Crippen LogP contribution is 2.47. The molecule has 2 rings (SSSR count). The van der Waals surface area contributed by atoms with Crippen LogP contribution in [0.15, 0.2) is 42.5 Å². The molecular formula is C16H10F9NO. The summed E-state index contributed by atoms with van der Waals surface area (Å²) in [5.41, 5.74) is 2.33. The van der Waals surface area contributed by atoms with Crippen LogP contribution in [0.5, 0.6) is 11.5 Å². The van der Waals surface area contributed by atoms with Crippen LogP contribution < -0.4 is 10.5 Å². The molecular weight excluding hydrogens is 393 g/mol. The van der Waals surface area contributed by atoms with Crippen LogP contribution >= 0.6 is 0 Å². The van der Waals surface area contributed by atoms with Gasteiger partial charge in [0.25, 0.3) is 0 Å². The molecule has 0 radical (unpaired) electrons. The number of hydrogen-bond acceptors (Lipinski definition) is 2. The fourth-order valence-electron chi connectivity index (χ4n) is 2.12. The Labute approximate surface area is 146 Å². The number of nitrogens with two attached hydrogens (primary N) is 1. The van der Waals surface area contributed by atoms with E-state index in [4.69, 9.17) is 10.5 Å². The Bertz CT molecular complexity index is 797. The van der Waals surface area contributed by atoms with Crippen molar-refractivity contribution in [1.29, 1.82) is 0 Å². The van der Waals surface area contributed by atoms with Crippen molar-refractivity contribution in [2.75, 3.05) is 5.73 Å². The van der Waals surface area contributed by atoms with Crippen LogP contribution in [0.25, 0.3) is 0 Å². The van der Waals surface area contributed by atoms with Gasteiger partial charge >= 0.3 is 18.3 Å². The topological polar surface area (TPSA) is 35.2 Å². The third kappa shape index (κ3) is 4.22. The van der Waals surface area contributed by atoms with Crippen molar-refractivity contribution in [1.82, 2.24) is 0 Å². The van der Waals surface area contributed by atoms with E-state index in [9.17, 15) is 39.5 Å². The molecule has 0 aliphatic rings. The lowest BCUT2D eigenvalue weighted by Gasteiger charge is -2.23. The third-order valence-corrected chi connectivity index (χ3v) is 3.44. The van der Waals surface area contributed by atoms with E-state index in [2.05, 4.69) is 0 Å². The van der Waals surface area contributed by atoms with Crippen LogP contribution in [-0.2, 0) is 6.18 Å². The second-order valence-corrected chi connectivity index (χ2v) is 5.37. The minimum absolute atomic E-state index is 0.350. The maximum Gasteiger partial charge on any atom is 0.456 e. The van der Waals surface area contributed by atoms with Crippen LogP contribution in [0.2, 0.25) is 0 Å². The van der Waals surface area contributed by atoms with Gasteiger partial charge in [-0.05, 0) is 29.8 Å². The van der Waals surface area contributed by atoms with E-state index in [1.807, 2.05) is 0 Å². The lowest BCUT2D eigenvalue weighted by atomic mass is 10.0. The van der Waals surface area contributed by atoms with Gasteiger partial charge in [0.15, 0.2) is 6.17 Å². The van der Waals surface area contributed by atoms with Gasteiger partial charge in [-0.1, -0.05) is 18.2 Å². The Morgan fingerprint density at radius 1 is 0.815 bits per heavy atom. The Kier molecular flexibility index (Phi) is 5.26. The summed E-state index contributed by atoms with van der Waals surface area (Å²) in [4.78, 5) is 0. The fourth-order valence-corrected chi connectivity index (χ4v) is 2.12. The van der Waals surface area contributed by atoms with Gasteiger partial charge in [0.05, 0.1) is 0 Å².